The molecule has 0 bridgehead atoms. The van der Waals surface area contributed by atoms with E-state index >= 15 is 4.39 Å². The van der Waals surface area contributed by atoms with Crippen molar-refractivity contribution in [3.63, 3.8) is 0 Å². The van der Waals surface area contributed by atoms with Crippen molar-refractivity contribution in [3.05, 3.63) is 27.8 Å². The fourth-order valence-electron chi connectivity index (χ4n) is 4.05. The lowest BCUT2D eigenvalue weighted by Gasteiger charge is -2.34. The number of hydrogen-bond donors (Lipinski definition) is 3. The quantitative estimate of drug-likeness (QED) is 0.679. The van der Waals surface area contributed by atoms with Crippen molar-refractivity contribution in [3.8, 4) is 5.75 Å². The first kappa shape index (κ1) is 18.5. The molecule has 8 nitrogen and oxygen atoms in total. The number of nitrogens with zero attached hydrogens (tertiary/aromatic N) is 2. The van der Waals surface area contributed by atoms with Gasteiger partial charge in [-0.05, 0) is 25.7 Å². The van der Waals surface area contributed by atoms with Gasteiger partial charge in [0.25, 0.3) is 0 Å². The molecule has 2 heterocycles. The molecule has 1 aromatic heterocycles. The van der Waals surface area contributed by atoms with Gasteiger partial charge in [-0.3, -0.25) is 4.79 Å². The van der Waals surface area contributed by atoms with Crippen molar-refractivity contribution in [2.24, 2.45) is 5.73 Å². The summed E-state index contributed by atoms with van der Waals surface area (Å²) in [5.41, 5.74) is 11.0. The van der Waals surface area contributed by atoms with Crippen LogP contribution in [0.25, 0.3) is 10.9 Å². The normalized spacial score (nSPS) is 19.8. The number of fused-ring (bicyclic) bond motifs is 1. The van der Waals surface area contributed by atoms with Gasteiger partial charge in [0.2, 0.25) is 5.43 Å². The van der Waals surface area contributed by atoms with Gasteiger partial charge in [-0.15, -0.1) is 0 Å². The molecule has 9 heteroatoms. The van der Waals surface area contributed by atoms with Crippen LogP contribution in [0.3, 0.4) is 0 Å². The van der Waals surface area contributed by atoms with E-state index in [2.05, 4.69) is 0 Å². The number of methoxy groups -OCH3 is 1. The van der Waals surface area contributed by atoms with Gasteiger partial charge in [0.15, 0.2) is 11.6 Å². The number of carboxylic acids is 1. The van der Waals surface area contributed by atoms with Crippen LogP contribution < -0.4 is 26.5 Å². The number of carbonyl (C=O) groups is 1. The minimum atomic E-state index is -1.37. The summed E-state index contributed by atoms with van der Waals surface area (Å²) in [6, 6.07) is -0.0776. The Morgan fingerprint density at radius 3 is 2.64 bits per heavy atom. The molecule has 1 aromatic carbocycles. The van der Waals surface area contributed by atoms with Crippen LogP contribution in [-0.4, -0.2) is 41.9 Å². The Morgan fingerprint density at radius 2 is 2.07 bits per heavy atom. The number of rotatable bonds is 4. The Morgan fingerprint density at radius 1 is 1.36 bits per heavy atom. The third-order valence-electron chi connectivity index (χ3n) is 5.53. The molecule has 28 heavy (non-hydrogen) atoms. The van der Waals surface area contributed by atoms with Crippen molar-refractivity contribution in [2.75, 3.05) is 30.8 Å². The smallest absolute Gasteiger partial charge is 0.341 e. The molecular weight excluding hydrogens is 367 g/mol. The zero-order valence-corrected chi connectivity index (χ0v) is 15.6. The number of benzene rings is 1. The van der Waals surface area contributed by atoms with E-state index in [4.69, 9.17) is 16.2 Å². The highest BCUT2D eigenvalue weighted by atomic mass is 19.1. The molecule has 1 saturated carbocycles. The number of carboxylic acid groups (broad SMARTS) is 1. The van der Waals surface area contributed by atoms with E-state index in [9.17, 15) is 14.7 Å². The van der Waals surface area contributed by atoms with Crippen LogP contribution in [0, 0.1) is 5.82 Å². The van der Waals surface area contributed by atoms with E-state index < -0.39 is 22.8 Å². The Kier molecular flexibility index (Phi) is 4.41. The average Bonchev–Trinajstić information content (AvgIpc) is 3.49. The van der Waals surface area contributed by atoms with Crippen molar-refractivity contribution < 1.29 is 19.0 Å². The lowest BCUT2D eigenvalue weighted by molar-refractivity contribution is 0.0695. The predicted octanol–water partition coefficient (Wildman–Crippen LogP) is 1.69. The molecule has 0 amide bonds. The highest BCUT2D eigenvalue weighted by Gasteiger charge is 2.33. The number of hydrogen-bond acceptors (Lipinski definition) is 6. The summed E-state index contributed by atoms with van der Waals surface area (Å²) in [5, 5.41) is 9.28. The molecule has 4 rings (SSSR count). The fraction of sp³-hybridized carbons (Fsp3) is 0.474. The molecular formula is C19H23FN4O4. The largest absolute Gasteiger partial charge is 0.492 e. The van der Waals surface area contributed by atoms with E-state index in [1.54, 1.807) is 9.47 Å². The molecule has 1 aliphatic heterocycles. The number of anilines is 2. The minimum absolute atomic E-state index is 0.0245. The summed E-state index contributed by atoms with van der Waals surface area (Å²) in [4.78, 5) is 26.2. The maximum absolute atomic E-state index is 15.4. The lowest BCUT2D eigenvalue weighted by atomic mass is 10.0. The van der Waals surface area contributed by atoms with Crippen LogP contribution >= 0.6 is 0 Å². The van der Waals surface area contributed by atoms with Crippen LogP contribution in [-0.2, 0) is 0 Å². The first-order valence-corrected chi connectivity index (χ1v) is 9.32. The summed E-state index contributed by atoms with van der Waals surface area (Å²) in [6.07, 6.45) is 4.63. The summed E-state index contributed by atoms with van der Waals surface area (Å²) in [7, 11) is 1.41. The van der Waals surface area contributed by atoms with Gasteiger partial charge in [0, 0.05) is 31.4 Å². The van der Waals surface area contributed by atoms with Crippen molar-refractivity contribution in [1.29, 1.82) is 0 Å². The number of halogens is 1. The standard InChI is InChI=1S/C19H23FN4O4/c1-28-18-15-12(17(25)11(19(26)27)8-24(15)10-4-5-10)14(22)13(20)16(18)23-6-2-3-9(21)7-23/h8-10H,2-7,21-22H2,1H3,(H,26,27). The van der Waals surface area contributed by atoms with E-state index in [0.29, 0.717) is 18.6 Å². The number of nitrogens with two attached hydrogens (primary N) is 2. The van der Waals surface area contributed by atoms with Crippen molar-refractivity contribution in [1.82, 2.24) is 4.57 Å². The second kappa shape index (κ2) is 6.66. The molecule has 1 unspecified atom stereocenters. The number of piperidine rings is 1. The Labute approximate surface area is 160 Å². The Hall–Kier alpha value is -2.81. The first-order valence-electron chi connectivity index (χ1n) is 9.32. The predicted molar refractivity (Wildman–Crippen MR) is 104 cm³/mol. The maximum atomic E-state index is 15.4. The number of ether oxygens (including phenoxy) is 1. The van der Waals surface area contributed by atoms with E-state index in [-0.39, 0.29) is 34.6 Å². The van der Waals surface area contributed by atoms with Crippen molar-refractivity contribution >= 4 is 28.2 Å². The summed E-state index contributed by atoms with van der Waals surface area (Å²) < 4.78 is 22.6. The molecule has 1 atom stereocenters. The van der Waals surface area contributed by atoms with Crippen LogP contribution in [0.2, 0.25) is 0 Å². The van der Waals surface area contributed by atoms with Crippen LogP contribution in [0.5, 0.6) is 5.75 Å². The van der Waals surface area contributed by atoms with Gasteiger partial charge in [0.05, 0.1) is 23.7 Å². The zero-order chi connectivity index (χ0) is 20.2. The summed E-state index contributed by atoms with van der Waals surface area (Å²) >= 11 is 0. The van der Waals surface area contributed by atoms with Gasteiger partial charge >= 0.3 is 5.97 Å². The fourth-order valence-corrected chi connectivity index (χ4v) is 4.05. The third kappa shape index (κ3) is 2.77. The Balaban J connectivity index is 2.10. The Bertz CT molecular complexity index is 1030. The number of pyridine rings is 1. The summed E-state index contributed by atoms with van der Waals surface area (Å²) in [6.45, 7) is 1.03. The monoisotopic (exact) mass is 390 g/mol. The number of nitrogen functional groups attached to an aromatic ring is 1. The van der Waals surface area contributed by atoms with Gasteiger partial charge in [-0.25, -0.2) is 9.18 Å². The van der Waals surface area contributed by atoms with Gasteiger partial charge in [-0.1, -0.05) is 0 Å². The molecule has 150 valence electrons. The number of aromatic carboxylic acids is 1. The maximum Gasteiger partial charge on any atom is 0.341 e. The van der Waals surface area contributed by atoms with Gasteiger partial charge in [-0.2, -0.15) is 0 Å². The van der Waals surface area contributed by atoms with Crippen LogP contribution in [0.15, 0.2) is 11.0 Å². The summed E-state index contributed by atoms with van der Waals surface area (Å²) in [5.74, 6) is -1.96. The highest BCUT2D eigenvalue weighted by molar-refractivity contribution is 6.03. The second-order valence-corrected chi connectivity index (χ2v) is 7.50. The van der Waals surface area contributed by atoms with Crippen LogP contribution in [0.1, 0.15) is 42.1 Å². The first-order chi connectivity index (χ1) is 13.3. The second-order valence-electron chi connectivity index (χ2n) is 7.50. The number of aromatic nitrogens is 1. The topological polar surface area (TPSA) is 124 Å². The molecule has 0 radical (unpaired) electrons. The molecule has 1 saturated heterocycles. The van der Waals surface area contributed by atoms with E-state index in [1.807, 2.05) is 0 Å². The lowest BCUT2D eigenvalue weighted by Crippen LogP contribution is -2.43. The third-order valence-corrected chi connectivity index (χ3v) is 5.53. The molecule has 2 fully saturated rings. The van der Waals surface area contributed by atoms with Crippen LogP contribution in [0.4, 0.5) is 15.8 Å². The molecule has 1 aliphatic carbocycles. The SMILES string of the molecule is COc1c(N2CCCC(N)C2)c(F)c(N)c2c(=O)c(C(=O)O)cn(C3CC3)c12. The molecule has 2 aromatic rings. The minimum Gasteiger partial charge on any atom is -0.492 e. The highest BCUT2D eigenvalue weighted by Crippen LogP contribution is 2.46. The van der Waals surface area contributed by atoms with Gasteiger partial charge in [0.1, 0.15) is 11.3 Å². The molecule has 5 N–H and O–H groups in total. The molecule has 0 spiro atoms. The molecule has 2 aliphatic rings. The van der Waals surface area contributed by atoms with Crippen molar-refractivity contribution in [2.45, 2.75) is 37.8 Å². The zero-order valence-electron chi connectivity index (χ0n) is 15.6. The van der Waals surface area contributed by atoms with E-state index in [1.165, 1.54) is 13.3 Å². The van der Waals surface area contributed by atoms with Gasteiger partial charge < -0.3 is 30.8 Å². The van der Waals surface area contributed by atoms with E-state index in [0.717, 1.165) is 25.7 Å². The average molecular weight is 390 g/mol.